The van der Waals surface area contributed by atoms with Gasteiger partial charge >= 0.3 is 0 Å². The van der Waals surface area contributed by atoms with E-state index in [1.54, 1.807) is 0 Å². The summed E-state index contributed by atoms with van der Waals surface area (Å²) >= 11 is 0. The van der Waals surface area contributed by atoms with Crippen LogP contribution in [0.5, 0.6) is 0 Å². The molecule has 0 aliphatic carbocycles. The number of rotatable bonds is 7. The van der Waals surface area contributed by atoms with Crippen LogP contribution in [-0.4, -0.2) is 0 Å². The first-order valence-electron chi connectivity index (χ1n) is 20.3. The Kier molecular flexibility index (Phi) is 8.56. The number of anilines is 3. The average molecular weight is 750 g/mol. The highest BCUT2D eigenvalue weighted by Gasteiger charge is 2.21. The highest BCUT2D eigenvalue weighted by molar-refractivity contribution is 6.22. The highest BCUT2D eigenvalue weighted by atomic mass is 15.1. The maximum atomic E-state index is 2.43. The van der Waals surface area contributed by atoms with E-state index in [9.17, 15) is 0 Å². The summed E-state index contributed by atoms with van der Waals surface area (Å²) in [6.45, 7) is 0. The third-order valence-electron chi connectivity index (χ3n) is 11.8. The zero-order valence-electron chi connectivity index (χ0n) is 32.5. The van der Waals surface area contributed by atoms with Crippen LogP contribution in [0.4, 0.5) is 17.1 Å². The third-order valence-corrected chi connectivity index (χ3v) is 11.8. The molecule has 0 bridgehead atoms. The number of para-hydroxylation sites is 1. The molecule has 0 amide bonds. The second-order valence-electron chi connectivity index (χ2n) is 15.3. The molecule has 276 valence electrons. The number of benzene rings is 11. The number of hydrogen-bond acceptors (Lipinski definition) is 1. The van der Waals surface area contributed by atoms with E-state index in [2.05, 4.69) is 241 Å². The molecular weight excluding hydrogens is 711 g/mol. The molecule has 0 saturated heterocycles. The van der Waals surface area contributed by atoms with Gasteiger partial charge in [-0.1, -0.05) is 194 Å². The van der Waals surface area contributed by atoms with Gasteiger partial charge in [-0.2, -0.15) is 0 Å². The summed E-state index contributed by atoms with van der Waals surface area (Å²) in [4.78, 5) is 2.43. The van der Waals surface area contributed by atoms with E-state index in [0.717, 1.165) is 22.6 Å². The van der Waals surface area contributed by atoms with Crippen LogP contribution in [-0.2, 0) is 0 Å². The van der Waals surface area contributed by atoms with E-state index >= 15 is 0 Å². The predicted octanol–water partition coefficient (Wildman–Crippen LogP) is 16.4. The molecule has 0 aromatic heterocycles. The van der Waals surface area contributed by atoms with Crippen molar-refractivity contribution < 1.29 is 0 Å². The van der Waals surface area contributed by atoms with Gasteiger partial charge in [-0.05, 0) is 124 Å². The van der Waals surface area contributed by atoms with Gasteiger partial charge in [0.1, 0.15) is 0 Å². The Morgan fingerprint density at radius 2 is 0.712 bits per heavy atom. The molecule has 11 aromatic rings. The van der Waals surface area contributed by atoms with Crippen LogP contribution in [0.25, 0.3) is 87.6 Å². The van der Waals surface area contributed by atoms with Crippen molar-refractivity contribution in [2.45, 2.75) is 0 Å². The first kappa shape index (κ1) is 34.5. The summed E-state index contributed by atoms with van der Waals surface area (Å²) in [5.74, 6) is 0. The molecule has 0 aliphatic heterocycles. The van der Waals surface area contributed by atoms with Gasteiger partial charge in [0.05, 0.1) is 5.69 Å². The highest BCUT2D eigenvalue weighted by Crippen LogP contribution is 2.47. The summed E-state index contributed by atoms with van der Waals surface area (Å²) in [5.41, 5.74) is 13.0. The summed E-state index contributed by atoms with van der Waals surface area (Å²) < 4.78 is 0. The lowest BCUT2D eigenvalue weighted by Crippen LogP contribution is -2.11. The van der Waals surface area contributed by atoms with E-state index in [1.165, 1.54) is 82.0 Å². The fourth-order valence-electron chi connectivity index (χ4n) is 9.01. The van der Waals surface area contributed by atoms with Gasteiger partial charge in [0, 0.05) is 16.9 Å². The van der Waals surface area contributed by atoms with Crippen LogP contribution in [0.2, 0.25) is 0 Å². The van der Waals surface area contributed by atoms with Crippen LogP contribution < -0.4 is 4.90 Å². The molecule has 11 aromatic carbocycles. The fourth-order valence-corrected chi connectivity index (χ4v) is 9.01. The summed E-state index contributed by atoms with van der Waals surface area (Å²) in [5, 5.41) is 9.84. The lowest BCUT2D eigenvalue weighted by atomic mass is 9.84. The molecule has 0 heterocycles. The van der Waals surface area contributed by atoms with Gasteiger partial charge in [0.15, 0.2) is 0 Å². The molecule has 0 unspecified atom stereocenters. The Morgan fingerprint density at radius 3 is 1.42 bits per heavy atom. The fraction of sp³-hybridized carbons (Fsp3) is 0. The molecular formula is C58H39N. The molecule has 59 heavy (non-hydrogen) atoms. The largest absolute Gasteiger partial charge is 0.310 e. The molecule has 0 saturated carbocycles. The van der Waals surface area contributed by atoms with E-state index in [1.807, 2.05) is 0 Å². The first-order valence-corrected chi connectivity index (χ1v) is 20.3. The minimum atomic E-state index is 1.11. The van der Waals surface area contributed by atoms with Crippen molar-refractivity contribution in [3.8, 4) is 44.5 Å². The molecule has 0 N–H and O–H groups in total. The van der Waals surface area contributed by atoms with Crippen molar-refractivity contribution in [1.29, 1.82) is 0 Å². The maximum Gasteiger partial charge on any atom is 0.0540 e. The minimum Gasteiger partial charge on any atom is -0.310 e. The molecule has 0 radical (unpaired) electrons. The van der Waals surface area contributed by atoms with Gasteiger partial charge < -0.3 is 4.90 Å². The van der Waals surface area contributed by atoms with Crippen molar-refractivity contribution >= 4 is 60.2 Å². The zero-order chi connectivity index (χ0) is 39.1. The van der Waals surface area contributed by atoms with E-state index < -0.39 is 0 Å². The topological polar surface area (TPSA) is 3.24 Å². The normalized spacial score (nSPS) is 11.4. The van der Waals surface area contributed by atoms with Crippen molar-refractivity contribution in [3.63, 3.8) is 0 Å². The molecule has 0 atom stereocenters. The molecule has 1 heteroatoms. The number of fused-ring (bicyclic) bond motifs is 5. The SMILES string of the molecule is c1ccc(-c2ccc3cc(N(c4ccc5ccccc5c4)c4ccccc4-c4ccc5c(c4)c(-c4ccccc4)c(-c4ccccc4)c4ccccc45)ccc3c2)cc1. The van der Waals surface area contributed by atoms with Gasteiger partial charge in [0.25, 0.3) is 0 Å². The maximum absolute atomic E-state index is 2.43. The third kappa shape index (κ3) is 6.21. The Labute approximate surface area is 344 Å². The molecule has 0 aliphatic rings. The van der Waals surface area contributed by atoms with Gasteiger partial charge in [0.2, 0.25) is 0 Å². The van der Waals surface area contributed by atoms with Crippen LogP contribution in [0, 0.1) is 0 Å². The van der Waals surface area contributed by atoms with Crippen molar-refractivity contribution in [3.05, 3.63) is 237 Å². The van der Waals surface area contributed by atoms with Crippen LogP contribution in [0.3, 0.4) is 0 Å². The van der Waals surface area contributed by atoms with Crippen LogP contribution in [0.1, 0.15) is 0 Å². The Hall–Kier alpha value is -7.74. The minimum absolute atomic E-state index is 1.11. The van der Waals surface area contributed by atoms with Crippen molar-refractivity contribution in [1.82, 2.24) is 0 Å². The first-order chi connectivity index (χ1) is 29.3. The number of hydrogen-bond donors (Lipinski definition) is 0. The number of nitrogens with zero attached hydrogens (tertiary/aromatic N) is 1. The lowest BCUT2D eigenvalue weighted by molar-refractivity contribution is 1.29. The summed E-state index contributed by atoms with van der Waals surface area (Å²) in [6.07, 6.45) is 0. The van der Waals surface area contributed by atoms with Gasteiger partial charge in [-0.15, -0.1) is 0 Å². The average Bonchev–Trinajstić information content (AvgIpc) is 3.32. The Balaban J connectivity index is 1.14. The van der Waals surface area contributed by atoms with E-state index in [-0.39, 0.29) is 0 Å². The Bertz CT molecular complexity index is 3310. The van der Waals surface area contributed by atoms with Crippen molar-refractivity contribution in [2.24, 2.45) is 0 Å². The second-order valence-corrected chi connectivity index (χ2v) is 15.3. The molecule has 0 spiro atoms. The molecule has 0 fully saturated rings. The molecule has 1 nitrogen and oxygen atoms in total. The van der Waals surface area contributed by atoms with Crippen LogP contribution in [0.15, 0.2) is 237 Å². The predicted molar refractivity (Wildman–Crippen MR) is 253 cm³/mol. The molecule has 11 rings (SSSR count). The quantitative estimate of drug-likeness (QED) is 0.147. The standard InChI is InChI=1S/C58H39N/c1-4-16-40(17-5-1)45-28-29-47-38-50(34-31-46(47)36-45)59(49-33-30-41-18-10-11-23-44(41)37-49)56-27-15-14-24-51(56)48-32-35-53-52-25-12-13-26-54(52)57(42-19-6-2-7-20-42)58(55(53)39-48)43-21-8-3-9-22-43/h1-39H. The van der Waals surface area contributed by atoms with Gasteiger partial charge in [-0.25, -0.2) is 0 Å². The summed E-state index contributed by atoms with van der Waals surface area (Å²) in [7, 11) is 0. The zero-order valence-corrected chi connectivity index (χ0v) is 32.5. The van der Waals surface area contributed by atoms with Crippen molar-refractivity contribution in [2.75, 3.05) is 4.90 Å². The van der Waals surface area contributed by atoms with Crippen LogP contribution >= 0.6 is 0 Å². The van der Waals surface area contributed by atoms with E-state index in [0.29, 0.717) is 0 Å². The smallest absolute Gasteiger partial charge is 0.0540 e. The van der Waals surface area contributed by atoms with E-state index in [4.69, 9.17) is 0 Å². The lowest BCUT2D eigenvalue weighted by Gasteiger charge is -2.29. The monoisotopic (exact) mass is 749 g/mol. The Morgan fingerprint density at radius 1 is 0.237 bits per heavy atom. The van der Waals surface area contributed by atoms with Gasteiger partial charge in [-0.3, -0.25) is 0 Å². The summed E-state index contributed by atoms with van der Waals surface area (Å²) in [6, 6.07) is 86.4. The second kappa shape index (κ2) is 14.6.